The topological polar surface area (TPSA) is 112 Å². The second kappa shape index (κ2) is 3.77. The normalized spacial score (nSPS) is 9.79. The van der Waals surface area contributed by atoms with E-state index in [1.54, 1.807) is 0 Å². The Labute approximate surface area is 77.4 Å². The zero-order valence-electron chi connectivity index (χ0n) is 7.29. The summed E-state index contributed by atoms with van der Waals surface area (Å²) in [6, 6.07) is 0. The number of carbonyl (C=O) groups is 1. The number of H-pyrrole nitrogens is 2. The van der Waals surface area contributed by atoms with Gasteiger partial charge in [0, 0.05) is 0 Å². The third-order valence-electron chi connectivity index (χ3n) is 1.53. The maximum absolute atomic E-state index is 11.1. The highest BCUT2D eigenvalue weighted by Gasteiger charge is 2.13. The first-order chi connectivity index (χ1) is 6.54. The molecule has 0 aliphatic rings. The lowest BCUT2D eigenvalue weighted by Gasteiger charge is -2.03. The van der Waals surface area contributed by atoms with Crippen LogP contribution in [0.3, 0.4) is 0 Å². The van der Waals surface area contributed by atoms with E-state index in [-0.39, 0.29) is 11.4 Å². The summed E-state index contributed by atoms with van der Waals surface area (Å²) in [4.78, 5) is 36.4. The van der Waals surface area contributed by atoms with Gasteiger partial charge in [-0.3, -0.25) is 19.6 Å². The van der Waals surface area contributed by atoms with Crippen molar-refractivity contribution >= 4 is 5.97 Å². The molecule has 0 saturated carbocycles. The fourth-order valence-electron chi connectivity index (χ4n) is 0.977. The first-order valence-corrected chi connectivity index (χ1v) is 3.66. The summed E-state index contributed by atoms with van der Waals surface area (Å²) < 4.78 is 4.67. The predicted octanol–water partition coefficient (Wildman–Crippen LogP) is -1.30. The Bertz CT molecular complexity index is 458. The molecule has 0 fully saturated rings. The van der Waals surface area contributed by atoms with Gasteiger partial charge in [0.15, 0.2) is 0 Å². The van der Waals surface area contributed by atoms with E-state index < -0.39 is 23.6 Å². The molecular formula is C7H8N2O5. The Kier molecular flexibility index (Phi) is 2.70. The summed E-state index contributed by atoms with van der Waals surface area (Å²) in [7, 11) is 1.23. The van der Waals surface area contributed by atoms with Gasteiger partial charge in [0.1, 0.15) is 0 Å². The van der Waals surface area contributed by atoms with Crippen molar-refractivity contribution in [3.63, 3.8) is 0 Å². The van der Waals surface area contributed by atoms with Crippen molar-refractivity contribution in [3.05, 3.63) is 26.4 Å². The molecule has 0 atom stereocenters. The summed E-state index contributed by atoms with van der Waals surface area (Å²) in [5, 5.41) is 8.48. The van der Waals surface area contributed by atoms with Crippen molar-refractivity contribution in [2.45, 2.75) is 6.42 Å². The Morgan fingerprint density at radius 3 is 2.57 bits per heavy atom. The molecule has 0 bridgehead atoms. The second-order valence-corrected chi connectivity index (χ2v) is 2.49. The molecule has 0 aromatic carbocycles. The van der Waals surface area contributed by atoms with Crippen LogP contribution in [-0.2, 0) is 11.2 Å². The Morgan fingerprint density at radius 2 is 2.07 bits per heavy atom. The van der Waals surface area contributed by atoms with Gasteiger partial charge in [-0.05, 0) is 0 Å². The van der Waals surface area contributed by atoms with E-state index in [0.717, 1.165) is 0 Å². The second-order valence-electron chi connectivity index (χ2n) is 2.49. The minimum Gasteiger partial charge on any atom is -0.482 e. The first-order valence-electron chi connectivity index (χ1n) is 3.66. The quantitative estimate of drug-likeness (QED) is 0.561. The van der Waals surface area contributed by atoms with Crippen LogP contribution < -0.4 is 16.0 Å². The molecule has 0 radical (unpaired) electrons. The average molecular weight is 200 g/mol. The van der Waals surface area contributed by atoms with Gasteiger partial charge in [0.05, 0.1) is 19.1 Å². The van der Waals surface area contributed by atoms with Crippen molar-refractivity contribution in [1.29, 1.82) is 0 Å². The molecule has 76 valence electrons. The third-order valence-corrected chi connectivity index (χ3v) is 1.53. The smallest absolute Gasteiger partial charge is 0.328 e. The zero-order chi connectivity index (χ0) is 10.7. The fraction of sp³-hybridized carbons (Fsp3) is 0.286. The molecule has 14 heavy (non-hydrogen) atoms. The molecular weight excluding hydrogens is 192 g/mol. The van der Waals surface area contributed by atoms with Crippen molar-refractivity contribution < 1.29 is 14.6 Å². The Morgan fingerprint density at radius 1 is 1.43 bits per heavy atom. The number of ether oxygens (including phenoxy) is 1. The van der Waals surface area contributed by atoms with Gasteiger partial charge in [0.25, 0.3) is 5.56 Å². The van der Waals surface area contributed by atoms with Crippen LogP contribution in [0.25, 0.3) is 0 Å². The van der Waals surface area contributed by atoms with Crippen LogP contribution in [0.5, 0.6) is 5.88 Å². The number of methoxy groups -OCH3 is 1. The van der Waals surface area contributed by atoms with Crippen molar-refractivity contribution in [1.82, 2.24) is 9.97 Å². The van der Waals surface area contributed by atoms with Gasteiger partial charge in [0.2, 0.25) is 5.88 Å². The highest BCUT2D eigenvalue weighted by molar-refractivity contribution is 5.70. The van der Waals surface area contributed by atoms with Crippen molar-refractivity contribution in [2.24, 2.45) is 0 Å². The van der Waals surface area contributed by atoms with Crippen molar-refractivity contribution in [2.75, 3.05) is 7.11 Å². The standard InChI is InChI=1S/C7H8N2O5/c1-14-6-3(2-4(10)11)5(12)8-7(13)9-6/h2H2,1H3,(H,10,11)(H2,8,9,12,13). The van der Waals surface area contributed by atoms with E-state index in [4.69, 9.17) is 5.11 Å². The zero-order valence-corrected chi connectivity index (χ0v) is 7.29. The lowest BCUT2D eigenvalue weighted by Crippen LogP contribution is -2.27. The molecule has 0 saturated heterocycles. The summed E-state index contributed by atoms with van der Waals surface area (Å²) >= 11 is 0. The Hall–Kier alpha value is -2.05. The molecule has 7 heteroatoms. The fourth-order valence-corrected chi connectivity index (χ4v) is 0.977. The summed E-state index contributed by atoms with van der Waals surface area (Å²) in [5.74, 6) is -1.30. The lowest BCUT2D eigenvalue weighted by atomic mass is 10.2. The number of aliphatic carboxylic acids is 1. The SMILES string of the molecule is COc1[nH]c(=O)[nH]c(=O)c1CC(=O)O. The average Bonchev–Trinajstić information content (AvgIpc) is 2.08. The Balaban J connectivity index is 3.32. The molecule has 1 heterocycles. The van der Waals surface area contributed by atoms with Crippen molar-refractivity contribution in [3.8, 4) is 5.88 Å². The molecule has 0 aliphatic heterocycles. The van der Waals surface area contributed by atoms with E-state index in [0.29, 0.717) is 0 Å². The number of aromatic nitrogens is 2. The molecule has 0 unspecified atom stereocenters. The highest BCUT2D eigenvalue weighted by Crippen LogP contribution is 2.07. The van der Waals surface area contributed by atoms with Crippen LogP contribution in [0, 0.1) is 0 Å². The van der Waals surface area contributed by atoms with Gasteiger partial charge in [-0.25, -0.2) is 4.79 Å². The van der Waals surface area contributed by atoms with E-state index in [1.165, 1.54) is 7.11 Å². The molecule has 7 nitrogen and oxygen atoms in total. The van der Waals surface area contributed by atoms with Gasteiger partial charge in [-0.2, -0.15) is 0 Å². The van der Waals surface area contributed by atoms with Crippen LogP contribution in [0.4, 0.5) is 0 Å². The number of hydrogen-bond acceptors (Lipinski definition) is 4. The van der Waals surface area contributed by atoms with E-state index >= 15 is 0 Å². The van der Waals surface area contributed by atoms with Gasteiger partial charge < -0.3 is 9.84 Å². The van der Waals surface area contributed by atoms with E-state index in [1.807, 2.05) is 4.98 Å². The molecule has 1 aromatic heterocycles. The number of nitrogens with one attached hydrogen (secondary N) is 2. The molecule has 0 aliphatic carbocycles. The number of aromatic amines is 2. The van der Waals surface area contributed by atoms with E-state index in [9.17, 15) is 14.4 Å². The minimum absolute atomic E-state index is 0.111. The minimum atomic E-state index is -1.18. The number of carboxylic acid groups (broad SMARTS) is 1. The van der Waals surface area contributed by atoms with Crippen LogP contribution in [0.15, 0.2) is 9.59 Å². The predicted molar refractivity (Wildman–Crippen MR) is 45.6 cm³/mol. The maximum atomic E-state index is 11.1. The van der Waals surface area contributed by atoms with Crippen LogP contribution in [0.2, 0.25) is 0 Å². The molecule has 1 rings (SSSR count). The summed E-state index contributed by atoms with van der Waals surface area (Å²) in [6.45, 7) is 0. The maximum Gasteiger partial charge on any atom is 0.328 e. The molecule has 0 amide bonds. The number of hydrogen-bond donors (Lipinski definition) is 3. The molecule has 3 N–H and O–H groups in total. The van der Waals surface area contributed by atoms with Gasteiger partial charge in [-0.15, -0.1) is 0 Å². The highest BCUT2D eigenvalue weighted by atomic mass is 16.5. The summed E-state index contributed by atoms with van der Waals surface area (Å²) in [5.41, 5.74) is -1.60. The third kappa shape index (κ3) is 2.00. The lowest BCUT2D eigenvalue weighted by molar-refractivity contribution is -0.136. The molecule has 0 spiro atoms. The van der Waals surface area contributed by atoms with Gasteiger partial charge >= 0.3 is 11.7 Å². The number of carboxylic acids is 1. The van der Waals surface area contributed by atoms with Crippen LogP contribution in [-0.4, -0.2) is 28.2 Å². The van der Waals surface area contributed by atoms with Crippen LogP contribution >= 0.6 is 0 Å². The largest absolute Gasteiger partial charge is 0.482 e. The van der Waals surface area contributed by atoms with Crippen LogP contribution in [0.1, 0.15) is 5.56 Å². The molecule has 1 aromatic rings. The first kappa shape index (κ1) is 10.0. The monoisotopic (exact) mass is 200 g/mol. The van der Waals surface area contributed by atoms with E-state index in [2.05, 4.69) is 9.72 Å². The van der Waals surface area contributed by atoms with Gasteiger partial charge in [-0.1, -0.05) is 0 Å². The number of rotatable bonds is 3. The summed E-state index contributed by atoms with van der Waals surface area (Å²) in [6.07, 6.45) is -0.505.